The van der Waals surface area contributed by atoms with Crippen LogP contribution in [0.3, 0.4) is 0 Å². The maximum absolute atomic E-state index is 13.6. The number of alkyl halides is 3. The Balaban J connectivity index is 2.04. The van der Waals surface area contributed by atoms with Gasteiger partial charge < -0.3 is 0 Å². The average molecular weight is 341 g/mol. The highest BCUT2D eigenvalue weighted by Crippen LogP contribution is 2.68. The summed E-state index contributed by atoms with van der Waals surface area (Å²) in [5, 5.41) is 0. The summed E-state index contributed by atoms with van der Waals surface area (Å²) in [4.78, 5) is 0. The largest absolute Gasteiger partial charge is 0.399 e. The van der Waals surface area contributed by atoms with Crippen LogP contribution in [0.15, 0.2) is 59.1 Å². The lowest BCUT2D eigenvalue weighted by Crippen LogP contribution is -2.30. The maximum atomic E-state index is 13.6. The molecule has 1 fully saturated rings. The fraction of sp³-hybridized carbons (Fsp3) is 0.250. The smallest absolute Gasteiger partial charge is 0.170 e. The highest BCUT2D eigenvalue weighted by Gasteiger charge is 2.71. The van der Waals surface area contributed by atoms with Crippen molar-refractivity contribution in [3.05, 3.63) is 70.2 Å². The first-order valence-electron chi connectivity index (χ1n) is 6.33. The number of rotatable bonds is 2. The molecule has 2 aromatic carbocycles. The average Bonchev–Trinajstić information content (AvgIpc) is 3.17. The zero-order valence-electron chi connectivity index (χ0n) is 10.5. The van der Waals surface area contributed by atoms with Crippen LogP contribution in [0.5, 0.6) is 0 Å². The molecule has 0 heterocycles. The number of benzene rings is 2. The molecular weight excluding hydrogens is 329 g/mol. The van der Waals surface area contributed by atoms with Gasteiger partial charge >= 0.3 is 6.18 Å². The van der Waals surface area contributed by atoms with Crippen molar-refractivity contribution in [2.24, 2.45) is 0 Å². The van der Waals surface area contributed by atoms with Gasteiger partial charge in [-0.3, -0.25) is 0 Å². The molecule has 2 aromatic rings. The lowest BCUT2D eigenvalue weighted by atomic mass is 9.90. The summed E-state index contributed by atoms with van der Waals surface area (Å²) in [6, 6.07) is 15.4. The molecule has 0 aliphatic heterocycles. The van der Waals surface area contributed by atoms with Crippen LogP contribution in [0.1, 0.15) is 23.5 Å². The summed E-state index contributed by atoms with van der Waals surface area (Å²) in [5.41, 5.74) is -0.621. The van der Waals surface area contributed by atoms with E-state index in [-0.39, 0.29) is 6.42 Å². The third-order valence-electron chi connectivity index (χ3n) is 4.03. The molecule has 0 spiro atoms. The van der Waals surface area contributed by atoms with Crippen LogP contribution in [0.2, 0.25) is 0 Å². The van der Waals surface area contributed by atoms with E-state index in [9.17, 15) is 13.2 Å². The molecule has 0 N–H and O–H groups in total. The molecule has 1 saturated carbocycles. The van der Waals surface area contributed by atoms with Crippen molar-refractivity contribution in [2.75, 3.05) is 0 Å². The summed E-state index contributed by atoms with van der Waals surface area (Å²) in [6.07, 6.45) is -4.11. The Hall–Kier alpha value is -1.29. The van der Waals surface area contributed by atoms with E-state index in [2.05, 4.69) is 15.9 Å². The highest BCUT2D eigenvalue weighted by molar-refractivity contribution is 9.10. The van der Waals surface area contributed by atoms with Crippen LogP contribution in [0.25, 0.3) is 0 Å². The molecule has 1 aliphatic rings. The Morgan fingerprint density at radius 2 is 1.55 bits per heavy atom. The molecule has 4 heteroatoms. The van der Waals surface area contributed by atoms with Gasteiger partial charge in [0.2, 0.25) is 0 Å². The van der Waals surface area contributed by atoms with Gasteiger partial charge in [-0.15, -0.1) is 0 Å². The predicted octanol–water partition coefficient (Wildman–Crippen LogP) is 5.44. The van der Waals surface area contributed by atoms with Gasteiger partial charge in [0, 0.05) is 10.4 Å². The van der Waals surface area contributed by atoms with Crippen LogP contribution >= 0.6 is 15.9 Å². The maximum Gasteiger partial charge on any atom is 0.399 e. The first-order valence-corrected chi connectivity index (χ1v) is 7.12. The quantitative estimate of drug-likeness (QED) is 0.683. The van der Waals surface area contributed by atoms with Crippen LogP contribution in [0, 0.1) is 0 Å². The monoisotopic (exact) mass is 340 g/mol. The molecule has 104 valence electrons. The van der Waals surface area contributed by atoms with E-state index in [1.807, 2.05) is 6.07 Å². The van der Waals surface area contributed by atoms with Crippen molar-refractivity contribution in [3.63, 3.8) is 0 Å². The minimum absolute atomic E-state index is 0.127. The van der Waals surface area contributed by atoms with Crippen molar-refractivity contribution in [1.29, 1.82) is 0 Å². The molecule has 0 nitrogen and oxygen atoms in total. The summed E-state index contributed by atoms with van der Waals surface area (Å²) >= 11 is 3.26. The standard InChI is InChI=1S/C16H12BrF3/c17-13-8-6-12(7-9-13)15(16(18,19)20)10-14(15)11-4-2-1-3-5-11/h1-9,14H,10H2/t14-,15-/m0/s1. The van der Waals surface area contributed by atoms with Gasteiger partial charge in [0.1, 0.15) is 0 Å². The zero-order valence-corrected chi connectivity index (χ0v) is 12.1. The van der Waals surface area contributed by atoms with Crippen LogP contribution in [-0.2, 0) is 5.41 Å². The number of hydrogen-bond acceptors (Lipinski definition) is 0. The highest BCUT2D eigenvalue weighted by atomic mass is 79.9. The molecule has 0 bridgehead atoms. The van der Waals surface area contributed by atoms with Gasteiger partial charge in [-0.1, -0.05) is 58.4 Å². The Morgan fingerprint density at radius 1 is 0.950 bits per heavy atom. The Bertz CT molecular complexity index is 604. The minimum atomic E-state index is -4.23. The molecule has 0 saturated heterocycles. The third-order valence-corrected chi connectivity index (χ3v) is 4.56. The lowest BCUT2D eigenvalue weighted by molar-refractivity contribution is -0.162. The van der Waals surface area contributed by atoms with Crippen molar-refractivity contribution in [1.82, 2.24) is 0 Å². The third kappa shape index (κ3) is 2.06. The first kappa shape index (κ1) is 13.7. The molecule has 2 atom stereocenters. The summed E-state index contributed by atoms with van der Waals surface area (Å²) < 4.78 is 41.6. The van der Waals surface area contributed by atoms with E-state index < -0.39 is 17.5 Å². The van der Waals surface area contributed by atoms with Crippen LogP contribution in [-0.4, -0.2) is 6.18 Å². The SMILES string of the molecule is FC(F)(F)[C@]1(c2ccc(Br)cc2)C[C@H]1c1ccccc1. The fourth-order valence-corrected chi connectivity index (χ4v) is 3.16. The normalized spacial score (nSPS) is 25.5. The summed E-state index contributed by atoms with van der Waals surface area (Å²) in [7, 11) is 0. The van der Waals surface area contributed by atoms with E-state index >= 15 is 0 Å². The Morgan fingerprint density at radius 3 is 2.10 bits per heavy atom. The summed E-state index contributed by atoms with van der Waals surface area (Å²) in [5.74, 6) is -0.482. The Kier molecular flexibility index (Phi) is 3.16. The van der Waals surface area contributed by atoms with Gasteiger partial charge in [-0.05, 0) is 29.7 Å². The van der Waals surface area contributed by atoms with E-state index in [1.165, 1.54) is 0 Å². The molecule has 0 radical (unpaired) electrons. The van der Waals surface area contributed by atoms with Crippen molar-refractivity contribution in [3.8, 4) is 0 Å². The fourth-order valence-electron chi connectivity index (χ4n) is 2.89. The molecule has 1 aliphatic carbocycles. The number of hydrogen-bond donors (Lipinski definition) is 0. The van der Waals surface area contributed by atoms with E-state index in [4.69, 9.17) is 0 Å². The van der Waals surface area contributed by atoms with Gasteiger partial charge in [0.15, 0.2) is 0 Å². The van der Waals surface area contributed by atoms with E-state index in [0.29, 0.717) is 5.56 Å². The first-order chi connectivity index (χ1) is 9.45. The van der Waals surface area contributed by atoms with Crippen molar-refractivity contribution < 1.29 is 13.2 Å². The second-order valence-corrected chi connectivity index (χ2v) is 6.06. The molecule has 0 unspecified atom stereocenters. The lowest BCUT2D eigenvalue weighted by Gasteiger charge is -2.22. The molecule has 20 heavy (non-hydrogen) atoms. The Labute approximate surface area is 123 Å². The van der Waals surface area contributed by atoms with Gasteiger partial charge in [-0.25, -0.2) is 0 Å². The second kappa shape index (κ2) is 4.62. The second-order valence-electron chi connectivity index (χ2n) is 5.14. The van der Waals surface area contributed by atoms with Gasteiger partial charge in [-0.2, -0.15) is 13.2 Å². The molecule has 0 amide bonds. The van der Waals surface area contributed by atoms with Crippen molar-refractivity contribution >= 4 is 15.9 Å². The minimum Gasteiger partial charge on any atom is -0.170 e. The van der Waals surface area contributed by atoms with Crippen LogP contribution in [0.4, 0.5) is 13.2 Å². The van der Waals surface area contributed by atoms with Gasteiger partial charge in [0.25, 0.3) is 0 Å². The zero-order chi connectivity index (χ0) is 14.4. The van der Waals surface area contributed by atoms with Crippen LogP contribution < -0.4 is 0 Å². The predicted molar refractivity (Wildman–Crippen MR) is 75.7 cm³/mol. The summed E-state index contributed by atoms with van der Waals surface area (Å²) in [6.45, 7) is 0. The molecule has 3 rings (SSSR count). The number of halogens is 4. The molecular formula is C16H12BrF3. The van der Waals surface area contributed by atoms with Gasteiger partial charge in [0.05, 0.1) is 5.41 Å². The van der Waals surface area contributed by atoms with E-state index in [1.54, 1.807) is 48.5 Å². The van der Waals surface area contributed by atoms with Crippen molar-refractivity contribution in [2.45, 2.75) is 23.9 Å². The topological polar surface area (TPSA) is 0 Å². The van der Waals surface area contributed by atoms with E-state index in [0.717, 1.165) is 10.0 Å². The molecule has 0 aromatic heterocycles.